The molecule has 1 aromatic rings. The van der Waals surface area contributed by atoms with E-state index in [0.717, 1.165) is 26.1 Å². The molecule has 0 radical (unpaired) electrons. The van der Waals surface area contributed by atoms with Crippen LogP contribution >= 0.6 is 12.2 Å². The van der Waals surface area contributed by atoms with E-state index in [1.54, 1.807) is 0 Å². The van der Waals surface area contributed by atoms with Gasteiger partial charge in [-0.1, -0.05) is 42.5 Å². The van der Waals surface area contributed by atoms with Gasteiger partial charge in [0.25, 0.3) is 0 Å². The zero-order chi connectivity index (χ0) is 12.8. The van der Waals surface area contributed by atoms with E-state index < -0.39 is 0 Å². The number of thiocarbonyl (C=S) groups is 1. The number of hydrogen-bond acceptors (Lipinski definition) is 2. The standard InChI is InChI=1S/C15H21NOS/c16-15(18)14-8-6-13(7-9-14)11-17-10-12-4-2-1-3-5-12/h1-5,13-14H,6-11H2,(H2,16,18)/t13-,14-. The minimum absolute atomic E-state index is 0.463. The monoisotopic (exact) mass is 263 g/mol. The summed E-state index contributed by atoms with van der Waals surface area (Å²) in [5, 5.41) is 0. The molecule has 1 aliphatic rings. The van der Waals surface area contributed by atoms with Gasteiger partial charge in [0, 0.05) is 12.5 Å². The minimum Gasteiger partial charge on any atom is -0.393 e. The molecule has 2 nitrogen and oxygen atoms in total. The summed E-state index contributed by atoms with van der Waals surface area (Å²) in [4.78, 5) is 0.693. The lowest BCUT2D eigenvalue weighted by atomic mass is 9.82. The Balaban J connectivity index is 1.65. The second-order valence-electron chi connectivity index (χ2n) is 5.12. The number of benzene rings is 1. The first-order chi connectivity index (χ1) is 8.75. The second-order valence-corrected chi connectivity index (χ2v) is 5.59. The molecule has 0 unspecified atom stereocenters. The lowest BCUT2D eigenvalue weighted by Gasteiger charge is -2.27. The van der Waals surface area contributed by atoms with Gasteiger partial charge in [-0.25, -0.2) is 0 Å². The Hall–Kier alpha value is -0.930. The average Bonchev–Trinajstić information content (AvgIpc) is 2.40. The summed E-state index contributed by atoms with van der Waals surface area (Å²) < 4.78 is 5.79. The van der Waals surface area contributed by atoms with E-state index in [0.29, 0.717) is 16.8 Å². The van der Waals surface area contributed by atoms with Gasteiger partial charge in [0.05, 0.1) is 11.6 Å². The van der Waals surface area contributed by atoms with E-state index in [2.05, 4.69) is 12.1 Å². The van der Waals surface area contributed by atoms with Crippen LogP contribution in [0.15, 0.2) is 30.3 Å². The molecule has 0 atom stereocenters. The topological polar surface area (TPSA) is 35.2 Å². The minimum atomic E-state index is 0.463. The van der Waals surface area contributed by atoms with Gasteiger partial charge in [0.2, 0.25) is 0 Å². The van der Waals surface area contributed by atoms with Crippen LogP contribution in [-0.2, 0) is 11.3 Å². The van der Waals surface area contributed by atoms with Crippen molar-refractivity contribution in [2.24, 2.45) is 17.6 Å². The van der Waals surface area contributed by atoms with E-state index in [1.165, 1.54) is 18.4 Å². The molecule has 1 aliphatic carbocycles. The summed E-state index contributed by atoms with van der Waals surface area (Å²) in [6, 6.07) is 10.3. The molecule has 1 aromatic carbocycles. The molecule has 0 bridgehead atoms. The van der Waals surface area contributed by atoms with Gasteiger partial charge < -0.3 is 10.5 Å². The quantitative estimate of drug-likeness (QED) is 0.828. The van der Waals surface area contributed by atoms with Gasteiger partial charge in [-0.3, -0.25) is 0 Å². The molecule has 18 heavy (non-hydrogen) atoms. The van der Waals surface area contributed by atoms with Gasteiger partial charge in [0.15, 0.2) is 0 Å². The number of hydrogen-bond donors (Lipinski definition) is 1. The summed E-state index contributed by atoms with van der Waals surface area (Å²) in [5.74, 6) is 1.14. The Morgan fingerprint density at radius 2 is 1.83 bits per heavy atom. The highest BCUT2D eigenvalue weighted by molar-refractivity contribution is 7.80. The van der Waals surface area contributed by atoms with Crippen LogP contribution < -0.4 is 5.73 Å². The normalized spacial score (nSPS) is 23.8. The first kappa shape index (κ1) is 13.5. The zero-order valence-corrected chi connectivity index (χ0v) is 11.5. The fraction of sp³-hybridized carbons (Fsp3) is 0.533. The molecule has 0 aromatic heterocycles. The van der Waals surface area contributed by atoms with E-state index in [-0.39, 0.29) is 0 Å². The molecule has 3 heteroatoms. The summed E-state index contributed by atoms with van der Waals surface area (Å²) >= 11 is 5.05. The zero-order valence-electron chi connectivity index (χ0n) is 10.7. The summed E-state index contributed by atoms with van der Waals surface area (Å²) in [7, 11) is 0. The van der Waals surface area contributed by atoms with Crippen molar-refractivity contribution in [3.8, 4) is 0 Å². The molecule has 0 spiro atoms. The lowest BCUT2D eigenvalue weighted by molar-refractivity contribution is 0.0711. The van der Waals surface area contributed by atoms with Crippen LogP contribution in [-0.4, -0.2) is 11.6 Å². The van der Waals surface area contributed by atoms with Crippen molar-refractivity contribution in [3.63, 3.8) is 0 Å². The average molecular weight is 263 g/mol. The third kappa shape index (κ3) is 4.07. The van der Waals surface area contributed by atoms with Crippen molar-refractivity contribution in [1.82, 2.24) is 0 Å². The van der Waals surface area contributed by atoms with Crippen LogP contribution in [0.1, 0.15) is 31.2 Å². The molecule has 98 valence electrons. The van der Waals surface area contributed by atoms with Gasteiger partial charge in [-0.05, 0) is 37.2 Å². The Labute approximate surface area is 115 Å². The Morgan fingerprint density at radius 3 is 2.44 bits per heavy atom. The fourth-order valence-electron chi connectivity index (χ4n) is 2.53. The number of ether oxygens (including phenoxy) is 1. The maximum absolute atomic E-state index is 5.79. The van der Waals surface area contributed by atoms with Crippen LogP contribution in [0.5, 0.6) is 0 Å². The van der Waals surface area contributed by atoms with Gasteiger partial charge in [0.1, 0.15) is 0 Å². The molecule has 2 N–H and O–H groups in total. The first-order valence-corrected chi connectivity index (χ1v) is 7.07. The molecular weight excluding hydrogens is 242 g/mol. The fourth-order valence-corrected chi connectivity index (χ4v) is 2.77. The summed E-state index contributed by atoms with van der Waals surface area (Å²) in [6.07, 6.45) is 4.65. The molecule has 0 amide bonds. The molecule has 0 heterocycles. The summed E-state index contributed by atoms with van der Waals surface area (Å²) in [6.45, 7) is 1.58. The van der Waals surface area contributed by atoms with Crippen molar-refractivity contribution in [2.45, 2.75) is 32.3 Å². The van der Waals surface area contributed by atoms with Crippen LogP contribution in [0.2, 0.25) is 0 Å². The van der Waals surface area contributed by atoms with Crippen molar-refractivity contribution < 1.29 is 4.74 Å². The highest BCUT2D eigenvalue weighted by atomic mass is 32.1. The van der Waals surface area contributed by atoms with Crippen molar-refractivity contribution in [1.29, 1.82) is 0 Å². The van der Waals surface area contributed by atoms with Gasteiger partial charge >= 0.3 is 0 Å². The van der Waals surface area contributed by atoms with Crippen LogP contribution in [0, 0.1) is 11.8 Å². The lowest BCUT2D eigenvalue weighted by Crippen LogP contribution is -2.27. The third-order valence-electron chi connectivity index (χ3n) is 3.71. The molecule has 0 aliphatic heterocycles. The van der Waals surface area contributed by atoms with Gasteiger partial charge in [-0.15, -0.1) is 0 Å². The largest absolute Gasteiger partial charge is 0.393 e. The molecule has 1 fully saturated rings. The van der Waals surface area contributed by atoms with E-state index in [1.807, 2.05) is 18.2 Å². The summed E-state index contributed by atoms with van der Waals surface area (Å²) in [5.41, 5.74) is 6.93. The highest BCUT2D eigenvalue weighted by Gasteiger charge is 2.22. The van der Waals surface area contributed by atoms with Crippen molar-refractivity contribution in [3.05, 3.63) is 35.9 Å². The predicted octanol–water partition coefficient (Wildman–Crippen LogP) is 3.30. The van der Waals surface area contributed by atoms with Crippen molar-refractivity contribution in [2.75, 3.05) is 6.61 Å². The Bertz CT molecular complexity index is 371. The smallest absolute Gasteiger partial charge is 0.0758 e. The molecular formula is C15H21NOS. The Kier molecular flexibility index (Phi) is 5.14. The Morgan fingerprint density at radius 1 is 1.17 bits per heavy atom. The van der Waals surface area contributed by atoms with Crippen molar-refractivity contribution >= 4 is 17.2 Å². The predicted molar refractivity (Wildman–Crippen MR) is 78.3 cm³/mol. The SMILES string of the molecule is NC(=S)[C@H]1CC[C@H](COCc2ccccc2)CC1. The first-order valence-electron chi connectivity index (χ1n) is 6.66. The maximum Gasteiger partial charge on any atom is 0.0758 e. The van der Waals surface area contributed by atoms with Crippen LogP contribution in [0.3, 0.4) is 0 Å². The van der Waals surface area contributed by atoms with Gasteiger partial charge in [-0.2, -0.15) is 0 Å². The molecule has 0 saturated heterocycles. The molecule has 1 saturated carbocycles. The number of nitrogens with two attached hydrogens (primary N) is 1. The van der Waals surface area contributed by atoms with E-state index in [4.69, 9.17) is 22.7 Å². The number of rotatable bonds is 5. The van der Waals surface area contributed by atoms with E-state index >= 15 is 0 Å². The third-order valence-corrected chi connectivity index (χ3v) is 4.05. The van der Waals surface area contributed by atoms with Crippen LogP contribution in [0.25, 0.3) is 0 Å². The maximum atomic E-state index is 5.79. The highest BCUT2D eigenvalue weighted by Crippen LogP contribution is 2.29. The van der Waals surface area contributed by atoms with Crippen LogP contribution in [0.4, 0.5) is 0 Å². The second kappa shape index (κ2) is 6.86. The van der Waals surface area contributed by atoms with E-state index in [9.17, 15) is 0 Å². The molecule has 2 rings (SSSR count).